The minimum atomic E-state index is -2.67. The van der Waals surface area contributed by atoms with Crippen LogP contribution in [0.4, 0.5) is 4.79 Å². The van der Waals surface area contributed by atoms with E-state index in [1.54, 1.807) is 90.1 Å². The summed E-state index contributed by atoms with van der Waals surface area (Å²) in [6.07, 6.45) is -10.6. The molecular formula is C47H63NO14Si. The number of carbonyl (C=O) groups excluding carboxylic acids is 5. The van der Waals surface area contributed by atoms with Crippen LogP contribution in [0.2, 0.25) is 19.1 Å². The van der Waals surface area contributed by atoms with Crippen molar-refractivity contribution >= 4 is 38.1 Å². The molecule has 2 bridgehead atoms. The molecule has 1 heterocycles. The number of aliphatic hydroxyl groups is 3. The molecule has 6 rings (SSSR count). The van der Waals surface area contributed by atoms with Gasteiger partial charge in [-0.05, 0) is 82.6 Å². The molecule has 11 atom stereocenters. The maximum Gasteiger partial charge on any atom is 0.408 e. The van der Waals surface area contributed by atoms with E-state index in [2.05, 4.69) is 5.32 Å². The number of hydrogen-bond acceptors (Lipinski definition) is 14. The Morgan fingerprint density at radius 1 is 0.968 bits per heavy atom. The highest BCUT2D eigenvalue weighted by atomic mass is 28.4. The molecular weight excluding hydrogens is 831 g/mol. The monoisotopic (exact) mass is 893 g/mol. The highest BCUT2D eigenvalue weighted by Crippen LogP contribution is 2.64. The van der Waals surface area contributed by atoms with Crippen molar-refractivity contribution in [3.8, 4) is 0 Å². The minimum Gasteiger partial charge on any atom is -0.456 e. The van der Waals surface area contributed by atoms with Crippen LogP contribution in [0, 0.1) is 16.7 Å². The summed E-state index contributed by atoms with van der Waals surface area (Å²) in [6.45, 7) is 18.0. The zero-order valence-corrected chi connectivity index (χ0v) is 39.1. The van der Waals surface area contributed by atoms with E-state index in [4.69, 9.17) is 28.1 Å². The number of fused-ring (bicyclic) bond motifs is 5. The number of alkyl carbamates (subject to hydrolysis) is 1. The van der Waals surface area contributed by atoms with E-state index in [1.165, 1.54) is 26.0 Å². The van der Waals surface area contributed by atoms with E-state index >= 15 is 9.59 Å². The van der Waals surface area contributed by atoms with Crippen molar-refractivity contribution < 1.29 is 67.4 Å². The highest BCUT2D eigenvalue weighted by molar-refractivity contribution is 6.71. The molecule has 3 fully saturated rings. The topological polar surface area (TPSA) is 213 Å². The summed E-state index contributed by atoms with van der Waals surface area (Å²) in [6, 6.07) is 16.1. The van der Waals surface area contributed by atoms with Gasteiger partial charge in [-0.3, -0.25) is 9.59 Å². The van der Waals surface area contributed by atoms with Gasteiger partial charge >= 0.3 is 24.0 Å². The maximum absolute atomic E-state index is 15.2. The Bertz CT molecular complexity index is 2120. The zero-order chi connectivity index (χ0) is 46.7. The number of carbonyl (C=O) groups is 5. The predicted molar refractivity (Wildman–Crippen MR) is 230 cm³/mol. The molecule has 16 heteroatoms. The van der Waals surface area contributed by atoms with Crippen LogP contribution < -0.4 is 5.32 Å². The predicted octanol–water partition coefficient (Wildman–Crippen LogP) is 5.51. The van der Waals surface area contributed by atoms with Crippen LogP contribution in [-0.4, -0.2) is 113 Å². The molecule has 4 N–H and O–H groups in total. The Morgan fingerprint density at radius 2 is 1.57 bits per heavy atom. The van der Waals surface area contributed by atoms with Crippen LogP contribution in [0.1, 0.15) is 97.1 Å². The highest BCUT2D eigenvalue weighted by Gasteiger charge is 2.78. The number of aliphatic hydroxyl groups excluding tert-OH is 2. The number of esters is 3. The number of amides is 1. The Hall–Kier alpha value is -4.45. The molecule has 2 aromatic carbocycles. The fourth-order valence-corrected chi connectivity index (χ4v) is 11.2. The second kappa shape index (κ2) is 17.2. The average molecular weight is 894 g/mol. The van der Waals surface area contributed by atoms with Gasteiger partial charge in [0.05, 0.1) is 35.6 Å². The van der Waals surface area contributed by atoms with E-state index < -0.39 is 121 Å². The van der Waals surface area contributed by atoms with Crippen LogP contribution >= 0.6 is 0 Å². The molecule has 0 spiro atoms. The Labute approximate surface area is 369 Å². The van der Waals surface area contributed by atoms with Crippen molar-refractivity contribution in [3.05, 3.63) is 82.9 Å². The molecule has 2 saturated carbocycles. The average Bonchev–Trinajstić information content (AvgIpc) is 3.20. The smallest absolute Gasteiger partial charge is 0.408 e. The standard InChI is InChI=1S/C47H63NO14Si/c1-12-63(10,11)62-36(34(28-19-15-13-16-20-28)48-42(55)61-43(4,5)6)41(54)58-30-24-47(56)39(59-40(53)29-21-17-14-18-22-29)37-45(9,38(52)35(51)33(26(30)2)44(47,7)8)31(50)23-32-46(37,25-57-32)60-27(3)49/h13-22,30-32,34-37,39,50-51,56H,12,23-25H2,1-11H3,(H,48,55)/t30-,31-,32+,34-,35+,36+,37-,39-,45+,46-,47+/m0/s1. The summed E-state index contributed by atoms with van der Waals surface area (Å²) in [7, 11) is -2.67. The summed E-state index contributed by atoms with van der Waals surface area (Å²) in [5, 5.41) is 40.9. The molecule has 1 saturated heterocycles. The molecule has 0 unspecified atom stereocenters. The normalized spacial score (nSPS) is 32.3. The zero-order valence-electron chi connectivity index (χ0n) is 38.1. The molecule has 1 aliphatic heterocycles. The summed E-state index contributed by atoms with van der Waals surface area (Å²) in [4.78, 5) is 70.9. The molecule has 4 aliphatic rings. The van der Waals surface area contributed by atoms with Gasteiger partial charge in [-0.1, -0.05) is 69.3 Å². The van der Waals surface area contributed by atoms with Crippen molar-refractivity contribution in [2.24, 2.45) is 16.7 Å². The number of hydrogen-bond donors (Lipinski definition) is 4. The minimum absolute atomic E-state index is 0.00701. The van der Waals surface area contributed by atoms with Crippen LogP contribution in [-0.2, 0) is 42.5 Å². The lowest BCUT2D eigenvalue weighted by atomic mass is 9.44. The number of ether oxygens (including phenoxy) is 5. The first-order chi connectivity index (χ1) is 29.2. The van der Waals surface area contributed by atoms with E-state index in [0.29, 0.717) is 11.6 Å². The summed E-state index contributed by atoms with van der Waals surface area (Å²) < 4.78 is 37.1. The van der Waals surface area contributed by atoms with Gasteiger partial charge in [-0.25, -0.2) is 14.4 Å². The Morgan fingerprint density at radius 3 is 2.11 bits per heavy atom. The maximum atomic E-state index is 15.2. The molecule has 2 aromatic rings. The van der Waals surface area contributed by atoms with Gasteiger partial charge in [0.25, 0.3) is 0 Å². The second-order valence-corrected chi connectivity index (χ2v) is 24.2. The van der Waals surface area contributed by atoms with Crippen LogP contribution in [0.3, 0.4) is 0 Å². The van der Waals surface area contributed by atoms with Crippen molar-refractivity contribution in [1.82, 2.24) is 5.32 Å². The van der Waals surface area contributed by atoms with Gasteiger partial charge in [0.1, 0.15) is 35.6 Å². The van der Waals surface area contributed by atoms with E-state index in [0.717, 1.165) is 0 Å². The van der Waals surface area contributed by atoms with E-state index in [-0.39, 0.29) is 29.7 Å². The van der Waals surface area contributed by atoms with Gasteiger partial charge in [0.15, 0.2) is 25.8 Å². The molecule has 15 nitrogen and oxygen atoms in total. The van der Waals surface area contributed by atoms with Crippen LogP contribution in [0.15, 0.2) is 71.8 Å². The first-order valence-electron chi connectivity index (χ1n) is 21.6. The molecule has 344 valence electrons. The molecule has 0 radical (unpaired) electrons. The Balaban J connectivity index is 1.53. The van der Waals surface area contributed by atoms with Crippen molar-refractivity contribution in [1.29, 1.82) is 0 Å². The van der Waals surface area contributed by atoms with Gasteiger partial charge in [-0.2, -0.15) is 0 Å². The Kier molecular flexibility index (Phi) is 13.1. The first-order valence-corrected chi connectivity index (χ1v) is 24.7. The fraction of sp³-hybridized carbons (Fsp3) is 0.596. The molecule has 1 amide bonds. The van der Waals surface area contributed by atoms with E-state index in [9.17, 15) is 29.7 Å². The number of Topliss-reactive ketones (excluding diaryl/α,β-unsaturated/α-hetero) is 1. The SMILES string of the molecule is CC[Si](C)(C)O[C@@H](C(=O)O[C@H]1C[C@@]2(O)[C@@H](OC(=O)c3ccccc3)[C@@H]3[C@]4(OC(C)=O)CO[C@@H]4C[C@H](O)[C@@]3(C)C(=O)[C@H](O)C(=C1C)C2(C)C)[C@@H](NC(=O)OC(C)(C)C)c1ccccc1. The molecule has 0 aromatic heterocycles. The van der Waals surface area contributed by atoms with Gasteiger partial charge in [0.2, 0.25) is 0 Å². The number of benzene rings is 2. The largest absolute Gasteiger partial charge is 0.456 e. The van der Waals surface area contributed by atoms with Crippen molar-refractivity contribution in [2.45, 2.75) is 154 Å². The first kappa shape index (κ1) is 48.0. The third-order valence-electron chi connectivity index (χ3n) is 13.8. The van der Waals surface area contributed by atoms with E-state index in [1.807, 2.05) is 20.0 Å². The quantitative estimate of drug-likeness (QED) is 0.0949. The third-order valence-corrected chi connectivity index (χ3v) is 16.4. The molecule has 3 aliphatic carbocycles. The fourth-order valence-electron chi connectivity index (χ4n) is 10.1. The summed E-state index contributed by atoms with van der Waals surface area (Å²) >= 11 is 0. The van der Waals surface area contributed by atoms with Crippen LogP contribution in [0.5, 0.6) is 0 Å². The second-order valence-electron chi connectivity index (χ2n) is 19.8. The van der Waals surface area contributed by atoms with Crippen molar-refractivity contribution in [2.75, 3.05) is 6.61 Å². The number of nitrogens with one attached hydrogen (secondary N) is 1. The van der Waals surface area contributed by atoms with Gasteiger partial charge in [0, 0.05) is 25.2 Å². The lowest BCUT2D eigenvalue weighted by molar-refractivity contribution is -0.346. The summed E-state index contributed by atoms with van der Waals surface area (Å²) in [5.74, 6) is -4.95. The van der Waals surface area contributed by atoms with Gasteiger partial charge < -0.3 is 48.7 Å². The van der Waals surface area contributed by atoms with Gasteiger partial charge in [-0.15, -0.1) is 0 Å². The number of ketones is 1. The third kappa shape index (κ3) is 8.62. The lowest BCUT2D eigenvalue weighted by Gasteiger charge is -2.67. The van der Waals surface area contributed by atoms with Crippen molar-refractivity contribution in [3.63, 3.8) is 0 Å². The summed E-state index contributed by atoms with van der Waals surface area (Å²) in [5.41, 5.74) is -7.69. The number of rotatable bonds is 11. The lowest BCUT2D eigenvalue weighted by Crippen LogP contribution is -2.81. The van der Waals surface area contributed by atoms with Crippen LogP contribution in [0.25, 0.3) is 0 Å². The molecule has 63 heavy (non-hydrogen) atoms.